The highest BCUT2D eigenvalue weighted by Crippen LogP contribution is 2.21. The Morgan fingerprint density at radius 3 is 2.46 bits per heavy atom. The minimum atomic E-state index is -0.430. The first-order chi connectivity index (χ1) is 12.6. The van der Waals surface area contributed by atoms with E-state index in [1.807, 2.05) is 0 Å². The molecule has 1 saturated carbocycles. The third-order valence-electron chi connectivity index (χ3n) is 4.18. The molecule has 136 valence electrons. The number of hydrogen-bond donors (Lipinski definition) is 2. The van der Waals surface area contributed by atoms with Crippen LogP contribution < -0.4 is 10.6 Å². The third-order valence-corrected chi connectivity index (χ3v) is 4.38. The van der Waals surface area contributed by atoms with Crippen LogP contribution >= 0.6 is 12.2 Å². The summed E-state index contributed by atoms with van der Waals surface area (Å²) in [6.45, 7) is 0. The Morgan fingerprint density at radius 2 is 1.81 bits per heavy atom. The first-order valence-corrected chi connectivity index (χ1v) is 8.99. The number of furan rings is 1. The number of amides is 1. The van der Waals surface area contributed by atoms with Crippen LogP contribution in [0.4, 0.5) is 5.69 Å². The van der Waals surface area contributed by atoms with Crippen LogP contribution in [0, 0.1) is 0 Å². The van der Waals surface area contributed by atoms with Gasteiger partial charge in [0.05, 0.1) is 11.8 Å². The van der Waals surface area contributed by atoms with Gasteiger partial charge in [0.25, 0.3) is 5.91 Å². The molecule has 2 aromatic rings. The molecule has 3 rings (SSSR count). The van der Waals surface area contributed by atoms with Crippen LogP contribution in [-0.2, 0) is 4.74 Å². The van der Waals surface area contributed by atoms with Gasteiger partial charge in [0, 0.05) is 5.69 Å². The van der Waals surface area contributed by atoms with Crippen LogP contribution in [0.3, 0.4) is 0 Å². The lowest BCUT2D eigenvalue weighted by Crippen LogP contribution is -2.33. The number of thiocarbonyl (C=S) groups is 1. The molecule has 0 atom stereocenters. The molecule has 1 aromatic heterocycles. The highest BCUT2D eigenvalue weighted by molar-refractivity contribution is 7.80. The van der Waals surface area contributed by atoms with Crippen LogP contribution in [0.2, 0.25) is 0 Å². The zero-order valence-electron chi connectivity index (χ0n) is 14.2. The largest absolute Gasteiger partial charge is 0.459 e. The number of ether oxygens (including phenoxy) is 1. The van der Waals surface area contributed by atoms with Gasteiger partial charge < -0.3 is 14.5 Å². The monoisotopic (exact) mass is 372 g/mol. The van der Waals surface area contributed by atoms with Gasteiger partial charge in [-0.15, -0.1) is 0 Å². The van der Waals surface area contributed by atoms with Crippen LogP contribution in [0.15, 0.2) is 47.1 Å². The third kappa shape index (κ3) is 4.92. The summed E-state index contributed by atoms with van der Waals surface area (Å²) in [5.41, 5.74) is 1.15. The molecule has 0 bridgehead atoms. The van der Waals surface area contributed by atoms with Crippen LogP contribution in [0.5, 0.6) is 0 Å². The Hall–Kier alpha value is -2.67. The molecule has 0 aliphatic heterocycles. The summed E-state index contributed by atoms with van der Waals surface area (Å²) in [7, 11) is 0. The van der Waals surface area contributed by atoms with E-state index in [4.69, 9.17) is 21.4 Å². The number of carbonyl (C=O) groups is 2. The van der Waals surface area contributed by atoms with Gasteiger partial charge in [-0.05, 0) is 74.3 Å². The normalized spacial score (nSPS) is 14.5. The lowest BCUT2D eigenvalue weighted by Gasteiger charge is -2.21. The molecular formula is C19H20N2O4S. The molecule has 1 fully saturated rings. The highest BCUT2D eigenvalue weighted by Gasteiger charge is 2.18. The van der Waals surface area contributed by atoms with E-state index < -0.39 is 5.91 Å². The molecular weight excluding hydrogens is 352 g/mol. The summed E-state index contributed by atoms with van der Waals surface area (Å²) in [6.07, 6.45) is 6.76. The Morgan fingerprint density at radius 1 is 1.08 bits per heavy atom. The molecule has 0 saturated heterocycles. The van der Waals surface area contributed by atoms with E-state index >= 15 is 0 Å². The van der Waals surface area contributed by atoms with Crippen molar-refractivity contribution in [3.05, 3.63) is 54.0 Å². The number of benzene rings is 1. The lowest BCUT2D eigenvalue weighted by molar-refractivity contribution is 0.0211. The Bertz CT molecular complexity index is 765. The molecule has 1 aliphatic carbocycles. The molecule has 6 nitrogen and oxygen atoms in total. The molecule has 1 aliphatic rings. The van der Waals surface area contributed by atoms with Crippen molar-refractivity contribution >= 4 is 34.9 Å². The lowest BCUT2D eigenvalue weighted by atomic mass is 9.98. The molecule has 0 spiro atoms. The molecule has 26 heavy (non-hydrogen) atoms. The molecule has 2 N–H and O–H groups in total. The zero-order valence-corrected chi connectivity index (χ0v) is 15.0. The van der Waals surface area contributed by atoms with Crippen molar-refractivity contribution in [3.63, 3.8) is 0 Å². The van der Waals surface area contributed by atoms with E-state index in [9.17, 15) is 9.59 Å². The van der Waals surface area contributed by atoms with Gasteiger partial charge in [-0.3, -0.25) is 10.1 Å². The Kier molecular flexibility index (Phi) is 6.01. The van der Waals surface area contributed by atoms with E-state index in [2.05, 4.69) is 10.6 Å². The van der Waals surface area contributed by atoms with E-state index in [0.29, 0.717) is 11.3 Å². The number of esters is 1. The van der Waals surface area contributed by atoms with Crippen molar-refractivity contribution in [3.8, 4) is 0 Å². The fraction of sp³-hybridized carbons (Fsp3) is 0.316. The van der Waals surface area contributed by atoms with Gasteiger partial charge in [0.1, 0.15) is 6.10 Å². The first kappa shape index (κ1) is 18.1. The first-order valence-electron chi connectivity index (χ1n) is 8.59. The van der Waals surface area contributed by atoms with Gasteiger partial charge in [0.15, 0.2) is 10.9 Å². The molecule has 1 aromatic carbocycles. The number of nitrogens with one attached hydrogen (secondary N) is 2. The van der Waals surface area contributed by atoms with Crippen molar-refractivity contribution in [1.29, 1.82) is 0 Å². The Labute approximate surface area is 156 Å². The zero-order chi connectivity index (χ0) is 18.4. The van der Waals surface area contributed by atoms with Gasteiger partial charge in [0.2, 0.25) is 0 Å². The number of hydrogen-bond acceptors (Lipinski definition) is 5. The number of rotatable bonds is 4. The van der Waals surface area contributed by atoms with Crippen molar-refractivity contribution in [2.24, 2.45) is 0 Å². The van der Waals surface area contributed by atoms with Crippen molar-refractivity contribution in [2.75, 3.05) is 5.32 Å². The molecule has 0 radical (unpaired) electrons. The molecule has 7 heteroatoms. The molecule has 1 amide bonds. The second-order valence-corrected chi connectivity index (χ2v) is 6.54. The Balaban J connectivity index is 1.51. The maximum atomic E-state index is 12.2. The topological polar surface area (TPSA) is 80.6 Å². The van der Waals surface area contributed by atoms with E-state index in [1.54, 1.807) is 36.4 Å². The maximum Gasteiger partial charge on any atom is 0.338 e. The summed E-state index contributed by atoms with van der Waals surface area (Å²) in [6, 6.07) is 9.93. The molecule has 0 unspecified atom stereocenters. The van der Waals surface area contributed by atoms with Crippen LogP contribution in [-0.4, -0.2) is 23.1 Å². The minimum Gasteiger partial charge on any atom is -0.459 e. The maximum absolute atomic E-state index is 12.2. The fourth-order valence-corrected chi connectivity index (χ4v) is 3.04. The second-order valence-electron chi connectivity index (χ2n) is 6.13. The summed E-state index contributed by atoms with van der Waals surface area (Å²) in [4.78, 5) is 24.0. The summed E-state index contributed by atoms with van der Waals surface area (Å²) >= 11 is 5.10. The summed E-state index contributed by atoms with van der Waals surface area (Å²) in [5.74, 6) is -0.563. The van der Waals surface area contributed by atoms with E-state index in [1.165, 1.54) is 12.7 Å². The summed E-state index contributed by atoms with van der Waals surface area (Å²) < 4.78 is 10.5. The average molecular weight is 372 g/mol. The van der Waals surface area contributed by atoms with E-state index in [-0.39, 0.29) is 22.9 Å². The standard InChI is InChI=1S/C19H20N2O4S/c22-17(16-7-4-12-24-16)21-19(26)20-14-10-8-13(9-11-14)18(23)25-15-5-2-1-3-6-15/h4,7-12,15H,1-3,5-6H2,(H2,20,21,22,26). The second kappa shape index (κ2) is 8.62. The van der Waals surface area contributed by atoms with Crippen molar-refractivity contribution in [2.45, 2.75) is 38.2 Å². The SMILES string of the molecule is O=C(OC1CCCCC1)c1ccc(NC(=S)NC(=O)c2ccco2)cc1. The minimum absolute atomic E-state index is 0.0263. The number of anilines is 1. The predicted octanol–water partition coefficient (Wildman–Crippen LogP) is 3.90. The van der Waals surface area contributed by atoms with Gasteiger partial charge in [-0.2, -0.15) is 0 Å². The van der Waals surface area contributed by atoms with Crippen LogP contribution in [0.25, 0.3) is 0 Å². The van der Waals surface area contributed by atoms with Gasteiger partial charge >= 0.3 is 5.97 Å². The van der Waals surface area contributed by atoms with Crippen molar-refractivity contribution < 1.29 is 18.7 Å². The highest BCUT2D eigenvalue weighted by atomic mass is 32.1. The fourth-order valence-electron chi connectivity index (χ4n) is 2.83. The van der Waals surface area contributed by atoms with E-state index in [0.717, 1.165) is 25.7 Å². The van der Waals surface area contributed by atoms with Crippen molar-refractivity contribution in [1.82, 2.24) is 5.32 Å². The number of carbonyl (C=O) groups excluding carboxylic acids is 2. The quantitative estimate of drug-likeness (QED) is 0.626. The van der Waals surface area contributed by atoms with Gasteiger partial charge in [-0.25, -0.2) is 4.79 Å². The smallest absolute Gasteiger partial charge is 0.338 e. The predicted molar refractivity (Wildman–Crippen MR) is 101 cm³/mol. The average Bonchev–Trinajstić information content (AvgIpc) is 3.18. The summed E-state index contributed by atoms with van der Waals surface area (Å²) in [5, 5.41) is 5.55. The molecule has 1 heterocycles. The van der Waals surface area contributed by atoms with Crippen LogP contribution in [0.1, 0.15) is 53.0 Å². The van der Waals surface area contributed by atoms with Gasteiger partial charge in [-0.1, -0.05) is 6.42 Å².